The maximum absolute atomic E-state index is 12.5. The molecule has 4 heteroatoms. The minimum Gasteiger partial charge on any atom is -0.325 e. The standard InChI is InChI=1S/C19H16N2OS/c1-2-23-17-11-16(20-14-9-5-3-7-12(14)17)18-13-8-4-6-10-15(13)21-19(18)22/h3-11,18H,2H2,1H3,(H,21,22). The van der Waals surface area contributed by atoms with Gasteiger partial charge in [0.05, 0.1) is 11.2 Å². The van der Waals surface area contributed by atoms with Gasteiger partial charge in [0, 0.05) is 16.0 Å². The summed E-state index contributed by atoms with van der Waals surface area (Å²) in [5.41, 5.74) is 3.66. The van der Waals surface area contributed by atoms with Gasteiger partial charge in [-0.3, -0.25) is 9.78 Å². The van der Waals surface area contributed by atoms with Gasteiger partial charge in [0.25, 0.3) is 0 Å². The SMILES string of the molecule is CCSc1cc(C2C(=O)Nc3ccccc32)nc2ccccc12. The molecule has 1 N–H and O–H groups in total. The zero-order valence-corrected chi connectivity index (χ0v) is 13.6. The number of benzene rings is 2. The molecule has 4 rings (SSSR count). The highest BCUT2D eigenvalue weighted by molar-refractivity contribution is 7.99. The van der Waals surface area contributed by atoms with E-state index in [-0.39, 0.29) is 11.8 Å². The largest absolute Gasteiger partial charge is 0.325 e. The number of nitrogens with zero attached hydrogens (tertiary/aromatic N) is 1. The van der Waals surface area contributed by atoms with E-state index in [2.05, 4.69) is 24.4 Å². The molecule has 1 aromatic heterocycles. The quantitative estimate of drug-likeness (QED) is 0.726. The monoisotopic (exact) mass is 320 g/mol. The summed E-state index contributed by atoms with van der Waals surface area (Å²) < 4.78 is 0. The molecule has 0 saturated heterocycles. The van der Waals surface area contributed by atoms with Gasteiger partial charge in [0.15, 0.2) is 0 Å². The summed E-state index contributed by atoms with van der Waals surface area (Å²) in [7, 11) is 0. The molecule has 1 unspecified atom stereocenters. The number of para-hydroxylation sites is 2. The number of hydrogen-bond donors (Lipinski definition) is 1. The predicted molar refractivity (Wildman–Crippen MR) is 95.1 cm³/mol. The molecule has 114 valence electrons. The minimum absolute atomic E-state index is 0.00132. The van der Waals surface area contributed by atoms with E-state index in [0.29, 0.717) is 0 Å². The Hall–Kier alpha value is -2.33. The lowest BCUT2D eigenvalue weighted by molar-refractivity contribution is -0.116. The third-order valence-corrected chi connectivity index (χ3v) is 5.02. The lowest BCUT2D eigenvalue weighted by Crippen LogP contribution is -2.14. The van der Waals surface area contributed by atoms with Crippen molar-refractivity contribution in [2.45, 2.75) is 17.7 Å². The zero-order valence-electron chi connectivity index (χ0n) is 12.7. The van der Waals surface area contributed by atoms with E-state index in [9.17, 15) is 4.79 Å². The number of aromatic nitrogens is 1. The number of pyridine rings is 1. The molecule has 0 spiro atoms. The molecule has 1 amide bonds. The number of carbonyl (C=O) groups is 1. The van der Waals surface area contributed by atoms with Gasteiger partial charge in [-0.1, -0.05) is 43.3 Å². The Kier molecular flexibility index (Phi) is 3.54. The summed E-state index contributed by atoms with van der Waals surface area (Å²) in [6.07, 6.45) is 0. The van der Waals surface area contributed by atoms with E-state index in [0.717, 1.165) is 33.6 Å². The molecule has 3 nitrogen and oxygen atoms in total. The van der Waals surface area contributed by atoms with Gasteiger partial charge < -0.3 is 5.32 Å². The third-order valence-electron chi connectivity index (χ3n) is 4.09. The predicted octanol–water partition coefficient (Wildman–Crippen LogP) is 4.43. The first kappa shape index (κ1) is 14.3. The van der Waals surface area contributed by atoms with Gasteiger partial charge >= 0.3 is 0 Å². The van der Waals surface area contributed by atoms with Crippen LogP contribution in [-0.4, -0.2) is 16.6 Å². The highest BCUT2D eigenvalue weighted by Crippen LogP contribution is 2.38. The Morgan fingerprint density at radius 3 is 2.78 bits per heavy atom. The van der Waals surface area contributed by atoms with Crippen molar-refractivity contribution >= 4 is 34.3 Å². The average Bonchev–Trinajstić information content (AvgIpc) is 2.90. The van der Waals surface area contributed by atoms with Crippen molar-refractivity contribution in [1.29, 1.82) is 0 Å². The van der Waals surface area contributed by atoms with Gasteiger partial charge in [-0.2, -0.15) is 0 Å². The Balaban J connectivity index is 1.91. The number of carbonyl (C=O) groups excluding carboxylic acids is 1. The summed E-state index contributed by atoms with van der Waals surface area (Å²) in [5, 5.41) is 4.11. The Morgan fingerprint density at radius 1 is 1.13 bits per heavy atom. The van der Waals surface area contributed by atoms with Crippen molar-refractivity contribution in [2.75, 3.05) is 11.1 Å². The summed E-state index contributed by atoms with van der Waals surface area (Å²) in [4.78, 5) is 18.4. The molecule has 2 heterocycles. The molecule has 2 aromatic carbocycles. The fourth-order valence-corrected chi connectivity index (χ4v) is 3.93. The molecule has 0 aliphatic carbocycles. The van der Waals surface area contributed by atoms with E-state index in [1.807, 2.05) is 42.5 Å². The molecule has 0 bridgehead atoms. The minimum atomic E-state index is -0.327. The molecule has 23 heavy (non-hydrogen) atoms. The fraction of sp³-hybridized carbons (Fsp3) is 0.158. The highest BCUT2D eigenvalue weighted by Gasteiger charge is 2.33. The van der Waals surface area contributed by atoms with Gasteiger partial charge in [-0.05, 0) is 29.5 Å². The molecule has 3 aromatic rings. The number of fused-ring (bicyclic) bond motifs is 2. The van der Waals surface area contributed by atoms with Crippen molar-refractivity contribution in [1.82, 2.24) is 4.98 Å². The second kappa shape index (κ2) is 5.70. The van der Waals surface area contributed by atoms with Crippen LogP contribution < -0.4 is 5.32 Å². The maximum Gasteiger partial charge on any atom is 0.238 e. The molecule has 1 aliphatic heterocycles. The Bertz CT molecular complexity index is 907. The first-order chi connectivity index (χ1) is 11.3. The van der Waals surface area contributed by atoms with Gasteiger partial charge in [-0.15, -0.1) is 11.8 Å². The number of rotatable bonds is 3. The van der Waals surface area contributed by atoms with Crippen LogP contribution in [0.5, 0.6) is 0 Å². The zero-order chi connectivity index (χ0) is 15.8. The number of thioether (sulfide) groups is 1. The lowest BCUT2D eigenvalue weighted by atomic mass is 9.96. The lowest BCUT2D eigenvalue weighted by Gasteiger charge is -2.12. The van der Waals surface area contributed by atoms with Crippen LogP contribution in [0.4, 0.5) is 5.69 Å². The Labute approximate surface area is 139 Å². The van der Waals surface area contributed by atoms with Gasteiger partial charge in [-0.25, -0.2) is 0 Å². The average molecular weight is 320 g/mol. The van der Waals surface area contributed by atoms with Crippen LogP contribution in [0.25, 0.3) is 10.9 Å². The summed E-state index contributed by atoms with van der Waals surface area (Å²) in [6.45, 7) is 2.14. The van der Waals surface area contributed by atoms with Crippen LogP contribution in [0, 0.1) is 0 Å². The number of hydrogen-bond acceptors (Lipinski definition) is 3. The van der Waals surface area contributed by atoms with Crippen LogP contribution in [-0.2, 0) is 4.79 Å². The van der Waals surface area contributed by atoms with Crippen LogP contribution >= 0.6 is 11.8 Å². The van der Waals surface area contributed by atoms with Gasteiger partial charge in [0.2, 0.25) is 5.91 Å². The second-order valence-electron chi connectivity index (χ2n) is 5.50. The molecule has 1 atom stereocenters. The highest BCUT2D eigenvalue weighted by atomic mass is 32.2. The molecule has 0 saturated carbocycles. The second-order valence-corrected chi connectivity index (χ2v) is 6.81. The number of anilines is 1. The third kappa shape index (κ3) is 2.39. The van der Waals surface area contributed by atoms with E-state index in [4.69, 9.17) is 4.98 Å². The first-order valence-corrected chi connectivity index (χ1v) is 8.68. The molecule has 0 radical (unpaired) electrons. The number of amides is 1. The van der Waals surface area contributed by atoms with Crippen molar-refractivity contribution < 1.29 is 4.79 Å². The Morgan fingerprint density at radius 2 is 1.91 bits per heavy atom. The normalized spacial score (nSPS) is 16.4. The van der Waals surface area contributed by atoms with E-state index >= 15 is 0 Å². The topological polar surface area (TPSA) is 42.0 Å². The summed E-state index contributed by atoms with van der Waals surface area (Å²) in [5.74, 6) is 0.661. The smallest absolute Gasteiger partial charge is 0.238 e. The molecular weight excluding hydrogens is 304 g/mol. The van der Waals surface area contributed by atoms with Crippen molar-refractivity contribution in [3.8, 4) is 0 Å². The van der Waals surface area contributed by atoms with Crippen LogP contribution in [0.3, 0.4) is 0 Å². The van der Waals surface area contributed by atoms with E-state index < -0.39 is 0 Å². The fourth-order valence-electron chi connectivity index (χ4n) is 3.09. The van der Waals surface area contributed by atoms with Crippen LogP contribution in [0.1, 0.15) is 24.1 Å². The van der Waals surface area contributed by atoms with E-state index in [1.54, 1.807) is 11.8 Å². The maximum atomic E-state index is 12.5. The van der Waals surface area contributed by atoms with Gasteiger partial charge in [0.1, 0.15) is 5.92 Å². The number of nitrogens with one attached hydrogen (secondary N) is 1. The summed E-state index contributed by atoms with van der Waals surface area (Å²) in [6, 6.07) is 18.0. The molecule has 0 fully saturated rings. The summed E-state index contributed by atoms with van der Waals surface area (Å²) >= 11 is 1.79. The van der Waals surface area contributed by atoms with Crippen molar-refractivity contribution in [2.24, 2.45) is 0 Å². The van der Waals surface area contributed by atoms with Crippen LogP contribution in [0.2, 0.25) is 0 Å². The molecular formula is C19H16N2OS. The van der Waals surface area contributed by atoms with Crippen molar-refractivity contribution in [3.05, 3.63) is 65.9 Å². The first-order valence-electron chi connectivity index (χ1n) is 7.70. The molecule has 1 aliphatic rings. The van der Waals surface area contributed by atoms with Crippen LogP contribution in [0.15, 0.2) is 59.5 Å². The van der Waals surface area contributed by atoms with Crippen molar-refractivity contribution in [3.63, 3.8) is 0 Å². The van der Waals surface area contributed by atoms with E-state index in [1.165, 1.54) is 4.90 Å².